The second-order valence-electron chi connectivity index (χ2n) is 3.93. The van der Waals surface area contributed by atoms with Gasteiger partial charge in [-0.2, -0.15) is 15.0 Å². The van der Waals surface area contributed by atoms with E-state index in [1.807, 2.05) is 13.8 Å². The molecule has 2 rings (SSSR count). The van der Waals surface area contributed by atoms with Crippen molar-refractivity contribution in [3.63, 3.8) is 0 Å². The number of methoxy groups -OCH3 is 1. The molecule has 0 aliphatic heterocycles. The average Bonchev–Trinajstić information content (AvgIpc) is 2.37. The van der Waals surface area contributed by atoms with E-state index in [2.05, 4.69) is 19.9 Å². The third kappa shape index (κ3) is 3.29. The van der Waals surface area contributed by atoms with Gasteiger partial charge in [0.05, 0.1) is 13.2 Å². The maximum Gasteiger partial charge on any atom is 0.321 e. The second-order valence-corrected chi connectivity index (χ2v) is 4.27. The topological polar surface area (TPSA) is 70.0 Å². The molecule has 2 aromatic heterocycles. The molecular formula is C12H13ClN4O2. The molecule has 6 nitrogen and oxygen atoms in total. The normalized spacial score (nSPS) is 10.6. The van der Waals surface area contributed by atoms with Crippen LogP contribution in [0.4, 0.5) is 0 Å². The van der Waals surface area contributed by atoms with Gasteiger partial charge in [0.2, 0.25) is 5.28 Å². The van der Waals surface area contributed by atoms with Crippen molar-refractivity contribution < 1.29 is 9.47 Å². The van der Waals surface area contributed by atoms with Crippen LogP contribution in [0.5, 0.6) is 11.8 Å². The summed E-state index contributed by atoms with van der Waals surface area (Å²) in [5.41, 5.74) is 0.489. The van der Waals surface area contributed by atoms with Crippen molar-refractivity contribution >= 4 is 11.6 Å². The summed E-state index contributed by atoms with van der Waals surface area (Å²) in [6, 6.07) is 3.69. The van der Waals surface area contributed by atoms with E-state index >= 15 is 0 Å². The van der Waals surface area contributed by atoms with Gasteiger partial charge in [-0.15, -0.1) is 0 Å². The molecule has 2 aromatic rings. The number of rotatable bonds is 4. The SMILES string of the molecule is COc1cccnc1-c1nc(Cl)nc(OC(C)C)n1. The molecule has 0 aliphatic carbocycles. The van der Waals surface area contributed by atoms with E-state index < -0.39 is 0 Å². The molecule has 0 amide bonds. The van der Waals surface area contributed by atoms with Crippen LogP contribution in [0.15, 0.2) is 18.3 Å². The molecule has 100 valence electrons. The lowest BCUT2D eigenvalue weighted by atomic mass is 10.3. The Morgan fingerprint density at radius 1 is 1.21 bits per heavy atom. The number of ether oxygens (including phenoxy) is 2. The maximum absolute atomic E-state index is 5.87. The van der Waals surface area contributed by atoms with Crippen LogP contribution >= 0.6 is 11.6 Å². The average molecular weight is 281 g/mol. The first-order valence-electron chi connectivity index (χ1n) is 5.67. The van der Waals surface area contributed by atoms with Crippen LogP contribution < -0.4 is 9.47 Å². The molecule has 0 aliphatic rings. The lowest BCUT2D eigenvalue weighted by Crippen LogP contribution is -2.10. The molecule has 0 bridgehead atoms. The molecule has 0 saturated carbocycles. The Morgan fingerprint density at radius 2 is 2.00 bits per heavy atom. The van der Waals surface area contributed by atoms with Gasteiger partial charge < -0.3 is 9.47 Å². The Labute approximate surface area is 115 Å². The van der Waals surface area contributed by atoms with Gasteiger partial charge >= 0.3 is 6.01 Å². The number of hydrogen-bond acceptors (Lipinski definition) is 6. The molecule has 0 N–H and O–H groups in total. The number of aromatic nitrogens is 4. The van der Waals surface area contributed by atoms with Crippen molar-refractivity contribution in [2.75, 3.05) is 7.11 Å². The van der Waals surface area contributed by atoms with Crippen LogP contribution in [0.3, 0.4) is 0 Å². The molecule has 2 heterocycles. The van der Waals surface area contributed by atoms with Gasteiger partial charge in [0.1, 0.15) is 11.4 Å². The highest BCUT2D eigenvalue weighted by Gasteiger charge is 2.14. The Bertz CT molecular complexity index is 577. The van der Waals surface area contributed by atoms with E-state index in [4.69, 9.17) is 21.1 Å². The molecule has 0 saturated heterocycles. The van der Waals surface area contributed by atoms with Gasteiger partial charge in [-0.1, -0.05) is 0 Å². The molecule has 19 heavy (non-hydrogen) atoms. The fourth-order valence-electron chi connectivity index (χ4n) is 1.42. The fraction of sp³-hybridized carbons (Fsp3) is 0.333. The molecular weight excluding hydrogens is 268 g/mol. The minimum absolute atomic E-state index is 0.0494. The maximum atomic E-state index is 5.87. The predicted octanol–water partition coefficient (Wildman–Crippen LogP) is 2.38. The molecule has 0 radical (unpaired) electrons. The first-order chi connectivity index (χ1) is 9.10. The van der Waals surface area contributed by atoms with Gasteiger partial charge in [0.15, 0.2) is 5.82 Å². The van der Waals surface area contributed by atoms with Crippen molar-refractivity contribution in [1.82, 2.24) is 19.9 Å². The zero-order valence-corrected chi connectivity index (χ0v) is 11.5. The van der Waals surface area contributed by atoms with Gasteiger partial charge in [-0.05, 0) is 37.6 Å². The summed E-state index contributed by atoms with van der Waals surface area (Å²) in [7, 11) is 1.55. The molecule has 0 fully saturated rings. The number of nitrogens with zero attached hydrogens (tertiary/aromatic N) is 4. The molecule has 0 atom stereocenters. The monoisotopic (exact) mass is 280 g/mol. The highest BCUT2D eigenvalue weighted by molar-refractivity contribution is 6.28. The molecule has 0 unspecified atom stereocenters. The minimum atomic E-state index is -0.0584. The predicted molar refractivity (Wildman–Crippen MR) is 70.4 cm³/mol. The first kappa shape index (κ1) is 13.5. The lowest BCUT2D eigenvalue weighted by molar-refractivity contribution is 0.221. The van der Waals surface area contributed by atoms with E-state index in [-0.39, 0.29) is 17.4 Å². The van der Waals surface area contributed by atoms with Crippen LogP contribution in [-0.2, 0) is 0 Å². The van der Waals surface area contributed by atoms with Crippen LogP contribution in [0.1, 0.15) is 13.8 Å². The lowest BCUT2D eigenvalue weighted by Gasteiger charge is -2.09. The van der Waals surface area contributed by atoms with Crippen molar-refractivity contribution in [2.45, 2.75) is 20.0 Å². The zero-order chi connectivity index (χ0) is 13.8. The largest absolute Gasteiger partial charge is 0.494 e. The number of hydrogen-bond donors (Lipinski definition) is 0. The van der Waals surface area contributed by atoms with Gasteiger partial charge in [0.25, 0.3) is 0 Å². The molecule has 0 spiro atoms. The standard InChI is InChI=1S/C12H13ClN4O2/c1-7(2)19-12-16-10(15-11(13)17-12)9-8(18-3)5-4-6-14-9/h4-7H,1-3H3. The highest BCUT2D eigenvalue weighted by atomic mass is 35.5. The fourth-order valence-corrected chi connectivity index (χ4v) is 1.58. The highest BCUT2D eigenvalue weighted by Crippen LogP contribution is 2.25. The van der Waals surface area contributed by atoms with Gasteiger partial charge in [-0.3, -0.25) is 0 Å². The third-order valence-corrected chi connectivity index (χ3v) is 2.30. The zero-order valence-electron chi connectivity index (χ0n) is 10.8. The van der Waals surface area contributed by atoms with Crippen molar-refractivity contribution in [1.29, 1.82) is 0 Å². The summed E-state index contributed by atoms with van der Waals surface area (Å²) < 4.78 is 10.6. The molecule has 0 aromatic carbocycles. The van der Waals surface area contributed by atoms with Crippen LogP contribution in [0.2, 0.25) is 5.28 Å². The van der Waals surface area contributed by atoms with Gasteiger partial charge in [-0.25, -0.2) is 4.98 Å². The summed E-state index contributed by atoms with van der Waals surface area (Å²) in [5.74, 6) is 0.869. The summed E-state index contributed by atoms with van der Waals surface area (Å²) >= 11 is 5.87. The van der Waals surface area contributed by atoms with E-state index in [9.17, 15) is 0 Å². The van der Waals surface area contributed by atoms with Crippen LogP contribution in [-0.4, -0.2) is 33.1 Å². The number of pyridine rings is 1. The van der Waals surface area contributed by atoms with Crippen molar-refractivity contribution in [3.8, 4) is 23.3 Å². The quantitative estimate of drug-likeness (QED) is 0.856. The summed E-state index contributed by atoms with van der Waals surface area (Å²) in [6.45, 7) is 3.75. The third-order valence-electron chi connectivity index (χ3n) is 2.13. The summed E-state index contributed by atoms with van der Waals surface area (Å²) in [6.07, 6.45) is 1.57. The van der Waals surface area contributed by atoms with E-state index in [1.165, 1.54) is 0 Å². The minimum Gasteiger partial charge on any atom is -0.494 e. The van der Waals surface area contributed by atoms with Gasteiger partial charge in [0, 0.05) is 6.20 Å². The Morgan fingerprint density at radius 3 is 2.68 bits per heavy atom. The van der Waals surface area contributed by atoms with Crippen LogP contribution in [0, 0.1) is 0 Å². The van der Waals surface area contributed by atoms with E-state index in [0.717, 1.165) is 0 Å². The van der Waals surface area contributed by atoms with Crippen molar-refractivity contribution in [2.24, 2.45) is 0 Å². The molecule has 7 heteroatoms. The Kier molecular flexibility index (Phi) is 4.11. The smallest absolute Gasteiger partial charge is 0.321 e. The van der Waals surface area contributed by atoms with E-state index in [0.29, 0.717) is 17.3 Å². The number of halogens is 1. The second kappa shape index (κ2) is 5.79. The van der Waals surface area contributed by atoms with Crippen molar-refractivity contribution in [3.05, 3.63) is 23.6 Å². The summed E-state index contributed by atoms with van der Waals surface area (Å²) in [5, 5.41) is 0.0494. The Hall–Kier alpha value is -1.95. The first-order valence-corrected chi connectivity index (χ1v) is 6.05. The van der Waals surface area contributed by atoms with Crippen LogP contribution in [0.25, 0.3) is 11.5 Å². The summed E-state index contributed by atoms with van der Waals surface area (Å²) in [4.78, 5) is 16.3. The van der Waals surface area contributed by atoms with E-state index in [1.54, 1.807) is 25.4 Å². The Balaban J connectivity index is 2.47.